The molecule has 0 aromatic carbocycles. The molecule has 0 aliphatic heterocycles. The first kappa shape index (κ1) is 12.4. The molecule has 0 aromatic heterocycles. The molecule has 1 radical (unpaired) electrons. The van der Waals surface area contributed by atoms with Crippen molar-refractivity contribution in [2.45, 2.75) is 83.3 Å². The van der Waals surface area contributed by atoms with Crippen LogP contribution in [0, 0.1) is 6.29 Å². The second-order valence-corrected chi connectivity index (χ2v) is 5.25. The van der Waals surface area contributed by atoms with Gasteiger partial charge in [-0.25, -0.2) is 0 Å². The molecule has 0 bridgehead atoms. The van der Waals surface area contributed by atoms with Crippen LogP contribution in [-0.2, 0) is 9.47 Å². The van der Waals surface area contributed by atoms with Crippen LogP contribution in [-0.4, -0.2) is 12.2 Å². The van der Waals surface area contributed by atoms with Crippen LogP contribution in [0.5, 0.6) is 0 Å². The summed E-state index contributed by atoms with van der Waals surface area (Å²) in [6, 6.07) is 0. The smallest absolute Gasteiger partial charge is 0.221 e. The Balaban J connectivity index is 1.64. The molecule has 0 aromatic rings. The highest BCUT2D eigenvalue weighted by Gasteiger charge is 2.21. The fourth-order valence-corrected chi connectivity index (χ4v) is 2.86. The molecule has 2 rings (SSSR count). The van der Waals surface area contributed by atoms with E-state index >= 15 is 0 Å². The molecule has 0 atom stereocenters. The van der Waals surface area contributed by atoms with Crippen molar-refractivity contribution in [2.24, 2.45) is 0 Å². The van der Waals surface area contributed by atoms with Crippen molar-refractivity contribution in [1.82, 2.24) is 0 Å². The van der Waals surface area contributed by atoms with Gasteiger partial charge in [0.15, 0.2) is 0 Å². The topological polar surface area (TPSA) is 18.5 Å². The molecule has 2 heteroatoms. The minimum Gasteiger partial charge on any atom is -0.342 e. The third kappa shape index (κ3) is 4.06. The van der Waals surface area contributed by atoms with Crippen molar-refractivity contribution >= 4 is 0 Å². The summed E-state index contributed by atoms with van der Waals surface area (Å²) in [6.45, 7) is 1.99. The van der Waals surface area contributed by atoms with E-state index in [1.54, 1.807) is 0 Å². The summed E-state index contributed by atoms with van der Waals surface area (Å²) in [7, 11) is 0. The molecule has 0 unspecified atom stereocenters. The van der Waals surface area contributed by atoms with E-state index in [4.69, 9.17) is 9.47 Å². The van der Waals surface area contributed by atoms with E-state index in [0.29, 0.717) is 12.2 Å². The summed E-state index contributed by atoms with van der Waals surface area (Å²) in [6.07, 6.45) is 14.6. The second kappa shape index (κ2) is 6.61. The van der Waals surface area contributed by atoms with Crippen molar-refractivity contribution in [3.8, 4) is 0 Å². The summed E-state index contributed by atoms with van der Waals surface area (Å²) in [5.74, 6) is 0. The van der Waals surface area contributed by atoms with Gasteiger partial charge in [0.25, 0.3) is 0 Å². The Morgan fingerprint density at radius 3 is 1.44 bits per heavy atom. The molecule has 2 fully saturated rings. The molecule has 2 nitrogen and oxygen atoms in total. The number of hydrogen-bond acceptors (Lipinski definition) is 2. The summed E-state index contributed by atoms with van der Waals surface area (Å²) >= 11 is 0. The summed E-state index contributed by atoms with van der Waals surface area (Å²) < 4.78 is 11.8. The molecular formula is C14H25O2. The van der Waals surface area contributed by atoms with Crippen molar-refractivity contribution < 1.29 is 9.47 Å². The largest absolute Gasteiger partial charge is 0.342 e. The summed E-state index contributed by atoms with van der Waals surface area (Å²) in [4.78, 5) is 0. The fourth-order valence-electron chi connectivity index (χ4n) is 2.86. The highest BCUT2D eigenvalue weighted by molar-refractivity contribution is 4.73. The monoisotopic (exact) mass is 225 g/mol. The average Bonchev–Trinajstić information content (AvgIpc) is 2.31. The molecule has 16 heavy (non-hydrogen) atoms. The van der Waals surface area contributed by atoms with E-state index in [0.717, 1.165) is 6.29 Å². The quantitative estimate of drug-likeness (QED) is 0.714. The molecule has 2 aliphatic carbocycles. The molecular weight excluding hydrogens is 200 g/mol. The van der Waals surface area contributed by atoms with E-state index in [2.05, 4.69) is 0 Å². The van der Waals surface area contributed by atoms with Crippen molar-refractivity contribution in [2.75, 3.05) is 0 Å². The lowest BCUT2D eigenvalue weighted by Crippen LogP contribution is -2.24. The van der Waals surface area contributed by atoms with Gasteiger partial charge in [0, 0.05) is 0 Å². The van der Waals surface area contributed by atoms with Crippen LogP contribution in [0.1, 0.15) is 71.1 Å². The van der Waals surface area contributed by atoms with Crippen LogP contribution >= 0.6 is 0 Å². The van der Waals surface area contributed by atoms with Crippen molar-refractivity contribution in [3.63, 3.8) is 0 Å². The van der Waals surface area contributed by atoms with Gasteiger partial charge >= 0.3 is 0 Å². The van der Waals surface area contributed by atoms with E-state index in [9.17, 15) is 0 Å². The van der Waals surface area contributed by atoms with Gasteiger partial charge in [-0.2, -0.15) is 0 Å². The van der Waals surface area contributed by atoms with Gasteiger partial charge in [0.2, 0.25) is 6.29 Å². The minimum absolute atomic E-state index is 0.428. The van der Waals surface area contributed by atoms with Crippen LogP contribution in [0.3, 0.4) is 0 Å². The average molecular weight is 225 g/mol. The van der Waals surface area contributed by atoms with Crippen molar-refractivity contribution in [1.29, 1.82) is 0 Å². The first-order chi connectivity index (χ1) is 7.84. The van der Waals surface area contributed by atoms with Gasteiger partial charge in [-0.3, -0.25) is 0 Å². The van der Waals surface area contributed by atoms with Gasteiger partial charge in [0.1, 0.15) is 0 Å². The van der Waals surface area contributed by atoms with Gasteiger partial charge in [-0.1, -0.05) is 38.5 Å². The third-order valence-corrected chi connectivity index (χ3v) is 3.77. The molecule has 2 saturated carbocycles. The van der Waals surface area contributed by atoms with Crippen LogP contribution < -0.4 is 0 Å². The van der Waals surface area contributed by atoms with Gasteiger partial charge < -0.3 is 9.47 Å². The Labute approximate surface area is 99.7 Å². The lowest BCUT2D eigenvalue weighted by molar-refractivity contribution is -0.115. The minimum atomic E-state index is 0.428. The zero-order valence-electron chi connectivity index (χ0n) is 10.5. The highest BCUT2D eigenvalue weighted by atomic mass is 16.7. The lowest BCUT2D eigenvalue weighted by atomic mass is 9.97. The highest BCUT2D eigenvalue weighted by Crippen LogP contribution is 2.27. The van der Waals surface area contributed by atoms with Crippen LogP contribution in [0.25, 0.3) is 0 Å². The van der Waals surface area contributed by atoms with Gasteiger partial charge in [0.05, 0.1) is 12.2 Å². The maximum Gasteiger partial charge on any atom is 0.221 e. The fraction of sp³-hybridized carbons (Fsp3) is 0.929. The molecule has 0 saturated heterocycles. The predicted molar refractivity (Wildman–Crippen MR) is 64.8 cm³/mol. The molecule has 93 valence electrons. The second-order valence-electron chi connectivity index (χ2n) is 5.25. The third-order valence-electron chi connectivity index (χ3n) is 3.77. The first-order valence-corrected chi connectivity index (χ1v) is 7.01. The molecule has 0 spiro atoms. The van der Waals surface area contributed by atoms with Crippen LogP contribution in [0.2, 0.25) is 0 Å². The van der Waals surface area contributed by atoms with E-state index in [1.165, 1.54) is 64.2 Å². The first-order valence-electron chi connectivity index (χ1n) is 7.01. The van der Waals surface area contributed by atoms with Gasteiger partial charge in [-0.15, -0.1) is 0 Å². The Bertz CT molecular complexity index is 161. The normalized spacial score (nSPS) is 25.1. The summed E-state index contributed by atoms with van der Waals surface area (Å²) in [5, 5.41) is 0. The zero-order valence-corrected chi connectivity index (χ0v) is 10.5. The van der Waals surface area contributed by atoms with E-state index < -0.39 is 0 Å². The van der Waals surface area contributed by atoms with Crippen LogP contribution in [0.4, 0.5) is 0 Å². The Hall–Kier alpha value is -0.0800. The SMILES string of the molecule is C[C](OC1CCCCC1)OC1CCCCC1. The maximum atomic E-state index is 5.89. The van der Waals surface area contributed by atoms with Gasteiger partial charge in [-0.05, 0) is 32.6 Å². The zero-order chi connectivity index (χ0) is 11.2. The molecule has 2 aliphatic rings. The lowest BCUT2D eigenvalue weighted by Gasteiger charge is -2.28. The van der Waals surface area contributed by atoms with E-state index in [1.807, 2.05) is 6.92 Å². The number of hydrogen-bond donors (Lipinski definition) is 0. The Kier molecular flexibility index (Phi) is 5.11. The van der Waals surface area contributed by atoms with Crippen molar-refractivity contribution in [3.05, 3.63) is 6.29 Å². The Morgan fingerprint density at radius 1 is 0.688 bits per heavy atom. The molecule has 0 N–H and O–H groups in total. The summed E-state index contributed by atoms with van der Waals surface area (Å²) in [5.41, 5.74) is 0. The number of ether oxygens (including phenoxy) is 2. The predicted octanol–water partition coefficient (Wildman–Crippen LogP) is 4.19. The molecule has 0 heterocycles. The van der Waals surface area contributed by atoms with Crippen LogP contribution in [0.15, 0.2) is 0 Å². The standard InChI is InChI=1S/C14H25O2/c1-12(15-13-8-4-2-5-9-13)16-14-10-6-3-7-11-14/h13-14H,2-11H2,1H3. The number of rotatable bonds is 4. The maximum absolute atomic E-state index is 5.89. The Morgan fingerprint density at radius 2 is 1.06 bits per heavy atom. The molecule has 0 amide bonds. The van der Waals surface area contributed by atoms with E-state index in [-0.39, 0.29) is 0 Å².